The maximum Gasteiger partial charge on any atom is 0.0664 e. The number of hydrogen-bond acceptors (Lipinski definition) is 2. The van der Waals surface area contributed by atoms with E-state index in [1.165, 1.54) is 96.3 Å². The first kappa shape index (κ1) is 25.7. The highest BCUT2D eigenvalue weighted by Gasteiger charge is 2.01. The van der Waals surface area contributed by atoms with Crippen LogP contribution in [0.5, 0.6) is 0 Å². The Hall–Kier alpha value is -0.340. The van der Waals surface area contributed by atoms with Gasteiger partial charge in [-0.3, -0.25) is 0 Å². The summed E-state index contributed by atoms with van der Waals surface area (Å²) in [4.78, 5) is 0. The van der Waals surface area contributed by atoms with E-state index in [9.17, 15) is 5.11 Å². The van der Waals surface area contributed by atoms with E-state index in [-0.39, 0.29) is 6.10 Å². The lowest BCUT2D eigenvalue weighted by atomic mass is 10.1. The molecular formula is C24H49NO. The van der Waals surface area contributed by atoms with E-state index >= 15 is 0 Å². The zero-order valence-electron chi connectivity index (χ0n) is 18.1. The van der Waals surface area contributed by atoms with Crippen LogP contribution >= 0.6 is 0 Å². The van der Waals surface area contributed by atoms with E-state index in [0.29, 0.717) is 0 Å². The van der Waals surface area contributed by atoms with Gasteiger partial charge in [0.05, 0.1) is 6.10 Å². The third-order valence-electron chi connectivity index (χ3n) is 5.14. The molecule has 26 heavy (non-hydrogen) atoms. The molecule has 0 aromatic rings. The van der Waals surface area contributed by atoms with Gasteiger partial charge in [-0.15, -0.1) is 0 Å². The second-order valence-corrected chi connectivity index (χ2v) is 7.94. The Morgan fingerprint density at radius 2 is 1.15 bits per heavy atom. The van der Waals surface area contributed by atoms with Crippen molar-refractivity contribution in [3.63, 3.8) is 0 Å². The van der Waals surface area contributed by atoms with Crippen LogP contribution in [0.4, 0.5) is 0 Å². The van der Waals surface area contributed by atoms with Gasteiger partial charge in [0.2, 0.25) is 0 Å². The summed E-state index contributed by atoms with van der Waals surface area (Å²) in [5.74, 6) is 0. The third-order valence-corrected chi connectivity index (χ3v) is 5.14. The number of allylic oxidation sites excluding steroid dienone is 2. The average Bonchev–Trinajstić information content (AvgIpc) is 2.65. The van der Waals surface area contributed by atoms with Crippen LogP contribution in [0.3, 0.4) is 0 Å². The van der Waals surface area contributed by atoms with Gasteiger partial charge in [0.1, 0.15) is 0 Å². The largest absolute Gasteiger partial charge is 0.392 e. The maximum atomic E-state index is 9.75. The van der Waals surface area contributed by atoms with Crippen molar-refractivity contribution in [3.05, 3.63) is 12.2 Å². The summed E-state index contributed by atoms with van der Waals surface area (Å²) in [5, 5.41) is 13.1. The summed E-state index contributed by atoms with van der Waals surface area (Å²) in [6, 6.07) is 0. The van der Waals surface area contributed by atoms with Crippen molar-refractivity contribution in [2.45, 2.75) is 129 Å². The summed E-state index contributed by atoms with van der Waals surface area (Å²) in [6.45, 7) is 6.28. The fourth-order valence-electron chi connectivity index (χ4n) is 3.31. The molecule has 0 radical (unpaired) electrons. The molecule has 0 aromatic heterocycles. The highest BCUT2D eigenvalue weighted by atomic mass is 16.3. The van der Waals surface area contributed by atoms with Crippen LogP contribution in [0.25, 0.3) is 0 Å². The Bertz CT molecular complexity index is 277. The molecule has 2 nitrogen and oxygen atoms in total. The molecule has 0 bridgehead atoms. The highest BCUT2D eigenvalue weighted by molar-refractivity contribution is 4.81. The van der Waals surface area contributed by atoms with E-state index in [1.54, 1.807) is 0 Å². The monoisotopic (exact) mass is 367 g/mol. The van der Waals surface area contributed by atoms with Gasteiger partial charge in [0.15, 0.2) is 0 Å². The molecule has 0 saturated heterocycles. The van der Waals surface area contributed by atoms with Gasteiger partial charge in [-0.2, -0.15) is 0 Å². The first-order valence-corrected chi connectivity index (χ1v) is 11.8. The number of aliphatic hydroxyl groups excluding tert-OH is 1. The summed E-state index contributed by atoms with van der Waals surface area (Å²) >= 11 is 0. The zero-order valence-corrected chi connectivity index (χ0v) is 18.1. The molecule has 0 rings (SSSR count). The van der Waals surface area contributed by atoms with E-state index < -0.39 is 0 Å². The molecule has 0 aromatic carbocycles. The Kier molecular flexibility index (Phi) is 22.4. The molecule has 2 heteroatoms. The molecular weight excluding hydrogens is 318 g/mol. The highest BCUT2D eigenvalue weighted by Crippen LogP contribution is 2.09. The van der Waals surface area contributed by atoms with Gasteiger partial charge in [-0.1, -0.05) is 96.6 Å². The number of rotatable bonds is 21. The summed E-state index contributed by atoms with van der Waals surface area (Å²) in [6.07, 6.45) is 26.9. The average molecular weight is 368 g/mol. The zero-order chi connectivity index (χ0) is 19.1. The molecule has 0 saturated carbocycles. The minimum atomic E-state index is -0.149. The Morgan fingerprint density at radius 1 is 0.654 bits per heavy atom. The molecule has 0 spiro atoms. The topological polar surface area (TPSA) is 32.3 Å². The van der Waals surface area contributed by atoms with Gasteiger partial charge >= 0.3 is 0 Å². The SMILES string of the molecule is CCCCCCCC/C=C\CCCCCCCCNCC(O)CCCC. The van der Waals surface area contributed by atoms with Gasteiger partial charge in [0.25, 0.3) is 0 Å². The van der Waals surface area contributed by atoms with Crippen LogP contribution in [-0.2, 0) is 0 Å². The van der Waals surface area contributed by atoms with Crippen molar-refractivity contribution >= 4 is 0 Å². The van der Waals surface area contributed by atoms with E-state index in [4.69, 9.17) is 0 Å². The maximum absolute atomic E-state index is 9.75. The van der Waals surface area contributed by atoms with Crippen LogP contribution in [-0.4, -0.2) is 24.3 Å². The predicted molar refractivity (Wildman–Crippen MR) is 118 cm³/mol. The second kappa shape index (κ2) is 22.7. The minimum Gasteiger partial charge on any atom is -0.392 e. The second-order valence-electron chi connectivity index (χ2n) is 7.94. The third kappa shape index (κ3) is 21.7. The van der Waals surface area contributed by atoms with Crippen LogP contribution in [0.1, 0.15) is 123 Å². The fraction of sp³-hybridized carbons (Fsp3) is 0.917. The molecule has 0 fully saturated rings. The summed E-state index contributed by atoms with van der Waals surface area (Å²) in [7, 11) is 0. The predicted octanol–water partition coefficient (Wildman–Crippen LogP) is 7.16. The van der Waals surface area contributed by atoms with Crippen molar-refractivity contribution in [1.82, 2.24) is 5.32 Å². The molecule has 0 aliphatic heterocycles. The van der Waals surface area contributed by atoms with Crippen LogP contribution in [0.15, 0.2) is 12.2 Å². The molecule has 0 aliphatic rings. The number of hydrogen-bond donors (Lipinski definition) is 2. The number of unbranched alkanes of at least 4 members (excludes halogenated alkanes) is 13. The molecule has 0 amide bonds. The van der Waals surface area contributed by atoms with Crippen molar-refractivity contribution in [3.8, 4) is 0 Å². The Labute approximate surface area is 165 Å². The minimum absolute atomic E-state index is 0.149. The lowest BCUT2D eigenvalue weighted by molar-refractivity contribution is 0.158. The van der Waals surface area contributed by atoms with Crippen molar-refractivity contribution < 1.29 is 5.11 Å². The Morgan fingerprint density at radius 3 is 1.73 bits per heavy atom. The quantitative estimate of drug-likeness (QED) is 0.166. The summed E-state index contributed by atoms with van der Waals surface area (Å²) < 4.78 is 0. The molecule has 156 valence electrons. The standard InChI is InChI=1S/C24H49NO/c1-3-5-7-8-9-10-11-12-13-14-15-16-17-18-19-20-22-25-23-24(26)21-6-4-2/h12-13,24-26H,3-11,14-23H2,1-2H3/b13-12-. The molecule has 1 atom stereocenters. The molecule has 0 heterocycles. The van der Waals surface area contributed by atoms with Gasteiger partial charge in [-0.25, -0.2) is 0 Å². The number of nitrogens with one attached hydrogen (secondary N) is 1. The summed E-state index contributed by atoms with van der Waals surface area (Å²) in [5.41, 5.74) is 0. The fourth-order valence-corrected chi connectivity index (χ4v) is 3.31. The molecule has 2 N–H and O–H groups in total. The van der Waals surface area contributed by atoms with Crippen LogP contribution in [0, 0.1) is 0 Å². The van der Waals surface area contributed by atoms with Crippen molar-refractivity contribution in [2.24, 2.45) is 0 Å². The number of aliphatic hydroxyl groups is 1. The Balaban J connectivity index is 3.11. The van der Waals surface area contributed by atoms with Crippen molar-refractivity contribution in [2.75, 3.05) is 13.1 Å². The van der Waals surface area contributed by atoms with E-state index in [2.05, 4.69) is 31.3 Å². The lowest BCUT2D eigenvalue weighted by Crippen LogP contribution is -2.27. The van der Waals surface area contributed by atoms with Gasteiger partial charge < -0.3 is 10.4 Å². The van der Waals surface area contributed by atoms with Crippen molar-refractivity contribution in [1.29, 1.82) is 0 Å². The first-order valence-electron chi connectivity index (χ1n) is 11.8. The molecule has 1 unspecified atom stereocenters. The molecule has 0 aliphatic carbocycles. The first-order chi connectivity index (χ1) is 12.8. The van der Waals surface area contributed by atoms with E-state index in [0.717, 1.165) is 25.9 Å². The van der Waals surface area contributed by atoms with Gasteiger partial charge in [-0.05, 0) is 45.1 Å². The smallest absolute Gasteiger partial charge is 0.0664 e. The van der Waals surface area contributed by atoms with Crippen LogP contribution in [0.2, 0.25) is 0 Å². The van der Waals surface area contributed by atoms with E-state index in [1.807, 2.05) is 0 Å². The van der Waals surface area contributed by atoms with Crippen LogP contribution < -0.4 is 5.32 Å². The lowest BCUT2D eigenvalue weighted by Gasteiger charge is -2.11. The van der Waals surface area contributed by atoms with Gasteiger partial charge in [0, 0.05) is 6.54 Å². The normalized spacial score (nSPS) is 12.9.